The van der Waals surface area contributed by atoms with Crippen molar-refractivity contribution in [2.75, 3.05) is 25.7 Å². The normalized spacial score (nSPS) is 14.0. The van der Waals surface area contributed by atoms with Crippen molar-refractivity contribution < 1.29 is 28.6 Å². The second-order valence-electron chi connectivity index (χ2n) is 7.71. The van der Waals surface area contributed by atoms with Gasteiger partial charge in [0, 0.05) is 12.1 Å². The van der Waals surface area contributed by atoms with Crippen LogP contribution in [-0.2, 0) is 17.7 Å². The maximum absolute atomic E-state index is 13.6. The highest BCUT2D eigenvalue weighted by Crippen LogP contribution is 2.45. The fraction of sp³-hybridized carbons (Fsp3) is 0.240. The SMILES string of the molecule is CCOC(=O)c1c2c(c3n1CCc1cc(OC)c(OC)cc1-3)C(=O)N(c1ccccc1)C2=O. The van der Waals surface area contributed by atoms with Crippen LogP contribution in [0.1, 0.15) is 43.7 Å². The number of nitrogens with zero attached hydrogens (tertiary/aromatic N) is 2. The molecule has 0 aliphatic carbocycles. The average Bonchev–Trinajstić information content (AvgIpc) is 3.31. The van der Waals surface area contributed by atoms with Gasteiger partial charge < -0.3 is 18.8 Å². The van der Waals surface area contributed by atoms with E-state index in [1.165, 1.54) is 7.11 Å². The first-order chi connectivity index (χ1) is 16.0. The zero-order valence-electron chi connectivity index (χ0n) is 18.5. The van der Waals surface area contributed by atoms with Crippen LogP contribution in [0.4, 0.5) is 5.69 Å². The zero-order valence-corrected chi connectivity index (χ0v) is 18.5. The molecule has 2 aliphatic rings. The predicted octanol–water partition coefficient (Wildman–Crippen LogP) is 3.71. The largest absolute Gasteiger partial charge is 0.493 e. The summed E-state index contributed by atoms with van der Waals surface area (Å²) >= 11 is 0. The molecule has 0 saturated carbocycles. The number of aromatic nitrogens is 1. The number of ether oxygens (including phenoxy) is 3. The van der Waals surface area contributed by atoms with Gasteiger partial charge in [-0.05, 0) is 43.2 Å². The molecule has 3 heterocycles. The molecular weight excluding hydrogens is 424 g/mol. The number of methoxy groups -OCH3 is 2. The van der Waals surface area contributed by atoms with E-state index in [-0.39, 0.29) is 23.4 Å². The lowest BCUT2D eigenvalue weighted by Crippen LogP contribution is -2.32. The number of carbonyl (C=O) groups is 3. The van der Waals surface area contributed by atoms with Crippen LogP contribution in [0.2, 0.25) is 0 Å². The van der Waals surface area contributed by atoms with E-state index in [0.717, 1.165) is 16.0 Å². The molecule has 0 unspecified atom stereocenters. The molecule has 0 saturated heterocycles. The number of fused-ring (bicyclic) bond motifs is 5. The summed E-state index contributed by atoms with van der Waals surface area (Å²) in [5, 5.41) is 0. The Morgan fingerprint density at radius 3 is 2.30 bits per heavy atom. The van der Waals surface area contributed by atoms with Crippen molar-refractivity contribution in [1.82, 2.24) is 4.57 Å². The van der Waals surface area contributed by atoms with Gasteiger partial charge in [0.2, 0.25) is 0 Å². The number of esters is 1. The fourth-order valence-corrected chi connectivity index (χ4v) is 4.66. The summed E-state index contributed by atoms with van der Waals surface area (Å²) in [6.45, 7) is 2.28. The minimum atomic E-state index is -0.625. The topological polar surface area (TPSA) is 87.1 Å². The Hall–Kier alpha value is -4.07. The molecule has 8 nitrogen and oxygen atoms in total. The van der Waals surface area contributed by atoms with Crippen LogP contribution in [0.5, 0.6) is 11.5 Å². The molecule has 0 N–H and O–H groups in total. The summed E-state index contributed by atoms with van der Waals surface area (Å²) in [6, 6.07) is 12.3. The van der Waals surface area contributed by atoms with Crippen molar-refractivity contribution in [2.45, 2.75) is 19.9 Å². The van der Waals surface area contributed by atoms with E-state index in [0.29, 0.717) is 35.8 Å². The van der Waals surface area contributed by atoms with Crippen molar-refractivity contribution in [2.24, 2.45) is 0 Å². The molecule has 2 amide bonds. The van der Waals surface area contributed by atoms with Gasteiger partial charge >= 0.3 is 5.97 Å². The molecule has 0 atom stereocenters. The number of hydrogen-bond acceptors (Lipinski definition) is 6. The molecule has 2 aliphatic heterocycles. The molecule has 1 aromatic heterocycles. The summed E-state index contributed by atoms with van der Waals surface area (Å²) in [7, 11) is 3.10. The molecule has 5 rings (SSSR count). The molecule has 0 radical (unpaired) electrons. The van der Waals surface area contributed by atoms with Crippen LogP contribution >= 0.6 is 0 Å². The minimum Gasteiger partial charge on any atom is -0.493 e. The molecule has 3 aromatic rings. The number of imide groups is 1. The molecular formula is C25H22N2O6. The smallest absolute Gasteiger partial charge is 0.355 e. The van der Waals surface area contributed by atoms with Gasteiger partial charge in [0.1, 0.15) is 5.69 Å². The van der Waals surface area contributed by atoms with Gasteiger partial charge in [-0.1, -0.05) is 18.2 Å². The maximum Gasteiger partial charge on any atom is 0.355 e. The Morgan fingerprint density at radius 1 is 0.970 bits per heavy atom. The van der Waals surface area contributed by atoms with E-state index in [1.807, 2.05) is 6.07 Å². The third-order valence-electron chi connectivity index (χ3n) is 6.05. The molecule has 0 fully saturated rings. The first kappa shape index (κ1) is 20.8. The molecule has 33 heavy (non-hydrogen) atoms. The van der Waals surface area contributed by atoms with Gasteiger partial charge in [-0.25, -0.2) is 9.69 Å². The van der Waals surface area contributed by atoms with E-state index in [1.54, 1.807) is 55.0 Å². The van der Waals surface area contributed by atoms with Crippen molar-refractivity contribution in [3.63, 3.8) is 0 Å². The van der Waals surface area contributed by atoms with Gasteiger partial charge in [0.25, 0.3) is 11.8 Å². The predicted molar refractivity (Wildman–Crippen MR) is 120 cm³/mol. The number of carbonyl (C=O) groups excluding carboxylic acids is 3. The highest BCUT2D eigenvalue weighted by Gasteiger charge is 2.47. The second-order valence-corrected chi connectivity index (χ2v) is 7.71. The van der Waals surface area contributed by atoms with Crippen molar-refractivity contribution in [3.8, 4) is 22.8 Å². The van der Waals surface area contributed by atoms with Crippen molar-refractivity contribution >= 4 is 23.5 Å². The van der Waals surface area contributed by atoms with Gasteiger partial charge in [-0.2, -0.15) is 0 Å². The third kappa shape index (κ3) is 2.94. The van der Waals surface area contributed by atoms with E-state index in [2.05, 4.69) is 0 Å². The Bertz CT molecular complexity index is 1310. The Morgan fingerprint density at radius 2 is 1.64 bits per heavy atom. The van der Waals surface area contributed by atoms with E-state index in [9.17, 15) is 14.4 Å². The Balaban J connectivity index is 1.79. The number of para-hydroxylation sites is 1. The summed E-state index contributed by atoms with van der Waals surface area (Å²) < 4.78 is 17.9. The van der Waals surface area contributed by atoms with Crippen LogP contribution < -0.4 is 14.4 Å². The number of aryl methyl sites for hydroxylation is 1. The van der Waals surface area contributed by atoms with Crippen LogP contribution in [0.25, 0.3) is 11.3 Å². The van der Waals surface area contributed by atoms with Crippen LogP contribution in [0, 0.1) is 0 Å². The molecule has 0 spiro atoms. The molecule has 0 bridgehead atoms. The lowest BCUT2D eigenvalue weighted by molar-refractivity contribution is 0.0510. The molecule has 8 heteroatoms. The van der Waals surface area contributed by atoms with Crippen LogP contribution in [-0.4, -0.2) is 43.2 Å². The monoisotopic (exact) mass is 446 g/mol. The van der Waals surface area contributed by atoms with Gasteiger partial charge in [0.15, 0.2) is 11.5 Å². The fourth-order valence-electron chi connectivity index (χ4n) is 4.66. The average molecular weight is 446 g/mol. The molecule has 168 valence electrons. The Labute approximate surface area is 190 Å². The summed E-state index contributed by atoms with van der Waals surface area (Å²) in [5.41, 5.74) is 3.03. The van der Waals surface area contributed by atoms with Gasteiger partial charge in [0.05, 0.1) is 43.3 Å². The number of anilines is 1. The molecule has 2 aromatic carbocycles. The zero-order chi connectivity index (χ0) is 23.3. The number of amides is 2. The number of benzene rings is 2. The van der Waals surface area contributed by atoms with Crippen molar-refractivity contribution in [3.05, 3.63) is 64.8 Å². The first-order valence-corrected chi connectivity index (χ1v) is 10.6. The third-order valence-corrected chi connectivity index (χ3v) is 6.05. The standard InChI is InChI=1S/C25H22N2O6/c1-4-33-25(30)22-20-19(23(28)27(24(20)29)15-8-6-5-7-9-15)21-16-13-18(32-3)17(31-2)12-14(16)10-11-26(21)22/h5-9,12-13H,4,10-11H2,1-3H3. The van der Waals surface area contributed by atoms with E-state index < -0.39 is 17.8 Å². The summed E-state index contributed by atoms with van der Waals surface area (Å²) in [5.74, 6) is -0.558. The maximum atomic E-state index is 13.6. The van der Waals surface area contributed by atoms with Crippen molar-refractivity contribution in [1.29, 1.82) is 0 Å². The number of rotatable bonds is 5. The highest BCUT2D eigenvalue weighted by atomic mass is 16.5. The summed E-state index contributed by atoms with van der Waals surface area (Å²) in [6.07, 6.45) is 0.591. The van der Waals surface area contributed by atoms with Gasteiger partial charge in [-0.3, -0.25) is 9.59 Å². The first-order valence-electron chi connectivity index (χ1n) is 10.6. The van der Waals surface area contributed by atoms with Crippen LogP contribution in [0.3, 0.4) is 0 Å². The minimum absolute atomic E-state index is 0.0833. The lowest BCUT2D eigenvalue weighted by atomic mass is 9.95. The Kier molecular flexibility index (Phi) is 4.92. The van der Waals surface area contributed by atoms with E-state index in [4.69, 9.17) is 14.2 Å². The van der Waals surface area contributed by atoms with E-state index >= 15 is 0 Å². The number of hydrogen-bond donors (Lipinski definition) is 0. The highest BCUT2D eigenvalue weighted by molar-refractivity contribution is 6.38. The lowest BCUT2D eigenvalue weighted by Gasteiger charge is -2.24. The van der Waals surface area contributed by atoms with Crippen LogP contribution in [0.15, 0.2) is 42.5 Å². The van der Waals surface area contributed by atoms with Gasteiger partial charge in [-0.15, -0.1) is 0 Å². The summed E-state index contributed by atoms with van der Waals surface area (Å²) in [4.78, 5) is 41.3. The quantitative estimate of drug-likeness (QED) is 0.439. The second kappa shape index (κ2) is 7.81.